The van der Waals surface area contributed by atoms with Crippen molar-refractivity contribution >= 4 is 33.3 Å². The van der Waals surface area contributed by atoms with E-state index in [1.54, 1.807) is 0 Å². The molecule has 0 aliphatic rings. The van der Waals surface area contributed by atoms with Crippen molar-refractivity contribution in [1.29, 1.82) is 0 Å². The molecule has 32 heavy (non-hydrogen) atoms. The molecule has 2 N–H and O–H groups in total. The van der Waals surface area contributed by atoms with Gasteiger partial charge in [-0.2, -0.15) is 0 Å². The number of aryl methyl sites for hydroxylation is 1. The van der Waals surface area contributed by atoms with Crippen LogP contribution in [0.5, 0.6) is 0 Å². The van der Waals surface area contributed by atoms with Gasteiger partial charge in [0.1, 0.15) is 10.7 Å². The fourth-order valence-electron chi connectivity index (χ4n) is 2.57. The van der Waals surface area contributed by atoms with Gasteiger partial charge in [0, 0.05) is 24.6 Å². The van der Waals surface area contributed by atoms with Crippen LogP contribution in [-0.4, -0.2) is 29.4 Å². The third-order valence-corrected chi connectivity index (χ3v) is 5.72. The SMILES string of the molecule is Cc1ncc(Cl)cc1S(=O)(=O)Nc1ccc(F)c(C#Cc2cnc(NC(C)C)nc2)c1F. The van der Waals surface area contributed by atoms with Crippen molar-refractivity contribution in [2.24, 2.45) is 0 Å². The van der Waals surface area contributed by atoms with Crippen LogP contribution in [-0.2, 0) is 10.0 Å². The summed E-state index contributed by atoms with van der Waals surface area (Å²) >= 11 is 5.83. The first-order valence-electron chi connectivity index (χ1n) is 9.30. The molecule has 0 bridgehead atoms. The molecule has 0 aliphatic carbocycles. The van der Waals surface area contributed by atoms with Crippen LogP contribution in [0.4, 0.5) is 20.4 Å². The first kappa shape index (κ1) is 23.4. The van der Waals surface area contributed by atoms with Crippen LogP contribution in [0.2, 0.25) is 5.02 Å². The van der Waals surface area contributed by atoms with Gasteiger partial charge in [-0.1, -0.05) is 23.4 Å². The number of nitrogens with one attached hydrogen (secondary N) is 2. The summed E-state index contributed by atoms with van der Waals surface area (Å²) in [4.78, 5) is 11.8. The largest absolute Gasteiger partial charge is 0.352 e. The van der Waals surface area contributed by atoms with Crippen molar-refractivity contribution in [1.82, 2.24) is 15.0 Å². The molecule has 0 amide bonds. The Morgan fingerprint density at radius 1 is 1.06 bits per heavy atom. The summed E-state index contributed by atoms with van der Waals surface area (Å²) < 4.78 is 56.6. The summed E-state index contributed by atoms with van der Waals surface area (Å²) in [5.41, 5.74) is -0.581. The number of nitrogens with zero attached hydrogens (tertiary/aromatic N) is 3. The van der Waals surface area contributed by atoms with E-state index in [4.69, 9.17) is 11.6 Å². The topological polar surface area (TPSA) is 96.9 Å². The predicted molar refractivity (Wildman–Crippen MR) is 118 cm³/mol. The maximum Gasteiger partial charge on any atom is 0.263 e. The highest BCUT2D eigenvalue weighted by molar-refractivity contribution is 7.92. The molecule has 0 saturated heterocycles. The van der Waals surface area contributed by atoms with E-state index in [0.717, 1.165) is 12.1 Å². The number of aromatic nitrogens is 3. The predicted octanol–water partition coefficient (Wildman–Crippen LogP) is 4.13. The van der Waals surface area contributed by atoms with Crippen molar-refractivity contribution in [2.75, 3.05) is 10.0 Å². The van der Waals surface area contributed by atoms with E-state index in [1.807, 2.05) is 13.8 Å². The van der Waals surface area contributed by atoms with Crippen LogP contribution in [0, 0.1) is 30.4 Å². The smallest absolute Gasteiger partial charge is 0.263 e. The van der Waals surface area contributed by atoms with Crippen molar-refractivity contribution in [3.8, 4) is 11.8 Å². The molecule has 0 aliphatic heterocycles. The third kappa shape index (κ3) is 5.49. The van der Waals surface area contributed by atoms with Gasteiger partial charge in [0.2, 0.25) is 5.95 Å². The second-order valence-electron chi connectivity index (χ2n) is 6.97. The van der Waals surface area contributed by atoms with Gasteiger partial charge < -0.3 is 5.32 Å². The standard InChI is InChI=1S/C21H18ClF2N5O2S/c1-12(2)28-21-26-9-14(10-27-21)4-5-16-17(23)6-7-18(20(16)24)29-32(30,31)19-8-15(22)11-25-13(19)3/h6-12,29H,1-3H3,(H,26,27,28). The number of pyridine rings is 1. The number of halogens is 3. The van der Waals surface area contributed by atoms with E-state index >= 15 is 0 Å². The van der Waals surface area contributed by atoms with Crippen molar-refractivity contribution < 1.29 is 17.2 Å². The Morgan fingerprint density at radius 2 is 1.75 bits per heavy atom. The van der Waals surface area contributed by atoms with Crippen LogP contribution in [0.1, 0.15) is 30.7 Å². The molecule has 166 valence electrons. The molecule has 0 spiro atoms. The Morgan fingerprint density at radius 3 is 2.41 bits per heavy atom. The molecule has 0 unspecified atom stereocenters. The Hall–Kier alpha value is -3.29. The van der Waals surface area contributed by atoms with Gasteiger partial charge in [0.25, 0.3) is 10.0 Å². The zero-order valence-electron chi connectivity index (χ0n) is 17.2. The normalized spacial score (nSPS) is 11.1. The minimum Gasteiger partial charge on any atom is -0.352 e. The van der Waals surface area contributed by atoms with Crippen LogP contribution in [0.3, 0.4) is 0 Å². The summed E-state index contributed by atoms with van der Waals surface area (Å²) in [7, 11) is -4.24. The highest BCUT2D eigenvalue weighted by atomic mass is 35.5. The van der Waals surface area contributed by atoms with Crippen LogP contribution < -0.4 is 10.0 Å². The number of hydrogen-bond acceptors (Lipinski definition) is 6. The molecular formula is C21H18ClF2N5O2S. The quantitative estimate of drug-likeness (QED) is 0.536. The number of anilines is 2. The maximum atomic E-state index is 14.9. The van der Waals surface area contributed by atoms with E-state index in [9.17, 15) is 17.2 Å². The molecule has 0 fully saturated rings. The Bertz CT molecular complexity index is 1320. The van der Waals surface area contributed by atoms with E-state index in [-0.39, 0.29) is 21.7 Å². The van der Waals surface area contributed by atoms with Gasteiger partial charge in [-0.05, 0) is 39.0 Å². The van der Waals surface area contributed by atoms with Gasteiger partial charge in [-0.15, -0.1) is 0 Å². The van der Waals surface area contributed by atoms with Gasteiger partial charge in [-0.25, -0.2) is 27.2 Å². The van der Waals surface area contributed by atoms with Gasteiger partial charge in [-0.3, -0.25) is 9.71 Å². The fourth-order valence-corrected chi connectivity index (χ4v) is 4.07. The van der Waals surface area contributed by atoms with Crippen molar-refractivity contribution in [3.63, 3.8) is 0 Å². The molecule has 11 heteroatoms. The Kier molecular flexibility index (Phi) is 6.91. The molecule has 7 nitrogen and oxygen atoms in total. The Balaban J connectivity index is 1.91. The molecule has 3 aromatic rings. The summed E-state index contributed by atoms with van der Waals surface area (Å²) in [5, 5.41) is 3.10. The first-order chi connectivity index (χ1) is 15.1. The van der Waals surface area contributed by atoms with E-state index < -0.39 is 32.9 Å². The molecule has 0 atom stereocenters. The molecule has 0 radical (unpaired) electrons. The van der Waals surface area contributed by atoms with Crippen molar-refractivity contribution in [3.05, 3.63) is 70.3 Å². The summed E-state index contributed by atoms with van der Waals surface area (Å²) in [6.45, 7) is 5.31. The van der Waals surface area contributed by atoms with E-state index in [2.05, 4.69) is 36.8 Å². The number of rotatable bonds is 5. The number of sulfonamides is 1. The second-order valence-corrected chi connectivity index (χ2v) is 9.06. The lowest BCUT2D eigenvalue weighted by Crippen LogP contribution is -2.16. The molecule has 0 saturated carbocycles. The Labute approximate surface area is 189 Å². The van der Waals surface area contributed by atoms with E-state index in [0.29, 0.717) is 11.5 Å². The number of benzene rings is 1. The second kappa shape index (κ2) is 9.46. The fraction of sp³-hybridized carbons (Fsp3) is 0.190. The minimum atomic E-state index is -4.24. The lowest BCUT2D eigenvalue weighted by molar-refractivity contribution is 0.577. The highest BCUT2D eigenvalue weighted by Gasteiger charge is 2.22. The molecule has 2 heterocycles. The first-order valence-corrected chi connectivity index (χ1v) is 11.2. The zero-order chi connectivity index (χ0) is 23.5. The summed E-state index contributed by atoms with van der Waals surface area (Å²) in [6.07, 6.45) is 4.10. The van der Waals surface area contributed by atoms with Crippen LogP contribution >= 0.6 is 11.6 Å². The van der Waals surface area contributed by atoms with Crippen LogP contribution in [0.25, 0.3) is 0 Å². The van der Waals surface area contributed by atoms with Gasteiger partial charge in [0.15, 0.2) is 5.82 Å². The van der Waals surface area contributed by atoms with Crippen molar-refractivity contribution in [2.45, 2.75) is 31.7 Å². The average Bonchev–Trinajstić information content (AvgIpc) is 2.72. The third-order valence-electron chi connectivity index (χ3n) is 4.03. The van der Waals surface area contributed by atoms with Gasteiger partial charge >= 0.3 is 0 Å². The number of hydrogen-bond donors (Lipinski definition) is 2. The van der Waals surface area contributed by atoms with E-state index in [1.165, 1.54) is 31.6 Å². The van der Waals surface area contributed by atoms with Gasteiger partial charge in [0.05, 0.1) is 27.5 Å². The molecule has 2 aromatic heterocycles. The maximum absolute atomic E-state index is 14.9. The lowest BCUT2D eigenvalue weighted by Gasteiger charge is -2.12. The lowest BCUT2D eigenvalue weighted by atomic mass is 10.1. The molecular weight excluding hydrogens is 460 g/mol. The highest BCUT2D eigenvalue weighted by Crippen LogP contribution is 2.25. The average molecular weight is 478 g/mol. The molecule has 3 rings (SSSR count). The monoisotopic (exact) mass is 477 g/mol. The summed E-state index contributed by atoms with van der Waals surface area (Å²) in [6, 6.07) is 3.20. The molecule has 1 aromatic carbocycles. The van der Waals surface area contributed by atoms with Crippen LogP contribution in [0.15, 0.2) is 41.7 Å². The minimum absolute atomic E-state index is 0.0962. The summed E-state index contributed by atoms with van der Waals surface area (Å²) in [5.74, 6) is 3.24. The zero-order valence-corrected chi connectivity index (χ0v) is 18.8.